The van der Waals surface area contributed by atoms with Crippen LogP contribution in [0.1, 0.15) is 5.56 Å². The Morgan fingerprint density at radius 3 is 2.86 bits per heavy atom. The Morgan fingerprint density at radius 1 is 1.36 bits per heavy atom. The lowest BCUT2D eigenvalue weighted by Gasteiger charge is -2.03. The highest BCUT2D eigenvalue weighted by molar-refractivity contribution is 6.31. The Kier molecular flexibility index (Phi) is 3.56. The summed E-state index contributed by atoms with van der Waals surface area (Å²) < 4.78 is 1.82. The van der Waals surface area contributed by atoms with E-state index in [9.17, 15) is 10.1 Å². The lowest BCUT2D eigenvalue weighted by molar-refractivity contribution is -0.385. The standard InChI is InChI=1S/C14H10ClN5O2/c1-2-3-9-4-5-12-16-7-11(19(12)8-9)14-17-6-10(20(21)22)13(15)18-14/h2,4-8H,1,3H2. The van der Waals surface area contributed by atoms with Crippen LogP contribution < -0.4 is 0 Å². The van der Waals surface area contributed by atoms with Crippen molar-refractivity contribution in [2.24, 2.45) is 0 Å². The first-order valence-electron chi connectivity index (χ1n) is 6.34. The summed E-state index contributed by atoms with van der Waals surface area (Å²) >= 11 is 5.84. The average Bonchev–Trinajstić information content (AvgIpc) is 2.90. The molecule has 3 heterocycles. The minimum atomic E-state index is -0.622. The zero-order valence-electron chi connectivity index (χ0n) is 11.3. The molecule has 0 saturated heterocycles. The second-order valence-corrected chi connectivity index (χ2v) is 4.89. The van der Waals surface area contributed by atoms with Gasteiger partial charge in [-0.05, 0) is 18.1 Å². The Bertz CT molecular complexity index is 890. The summed E-state index contributed by atoms with van der Waals surface area (Å²) in [6, 6.07) is 3.83. The predicted molar refractivity (Wildman–Crippen MR) is 81.8 cm³/mol. The van der Waals surface area contributed by atoms with Gasteiger partial charge in [0.05, 0.1) is 11.1 Å². The van der Waals surface area contributed by atoms with Crippen LogP contribution in [0.3, 0.4) is 0 Å². The fourth-order valence-corrected chi connectivity index (χ4v) is 2.28. The molecule has 0 fully saturated rings. The predicted octanol–water partition coefficient (Wildman–Crippen LogP) is 3.08. The Morgan fingerprint density at radius 2 is 2.18 bits per heavy atom. The van der Waals surface area contributed by atoms with Gasteiger partial charge in [0.2, 0.25) is 5.15 Å². The lowest BCUT2D eigenvalue weighted by atomic mass is 10.2. The third-order valence-electron chi connectivity index (χ3n) is 3.10. The molecule has 22 heavy (non-hydrogen) atoms. The van der Waals surface area contributed by atoms with Gasteiger partial charge in [-0.15, -0.1) is 6.58 Å². The average molecular weight is 316 g/mol. The second-order valence-electron chi connectivity index (χ2n) is 4.53. The zero-order valence-corrected chi connectivity index (χ0v) is 12.1. The molecule has 0 atom stereocenters. The summed E-state index contributed by atoms with van der Waals surface area (Å²) in [4.78, 5) is 22.4. The van der Waals surface area contributed by atoms with E-state index in [0.717, 1.165) is 23.8 Å². The number of hydrogen-bond donors (Lipinski definition) is 0. The molecule has 0 radical (unpaired) electrons. The van der Waals surface area contributed by atoms with E-state index in [4.69, 9.17) is 11.6 Å². The van der Waals surface area contributed by atoms with Crippen LogP contribution in [-0.4, -0.2) is 24.3 Å². The maximum atomic E-state index is 10.8. The van der Waals surface area contributed by atoms with Gasteiger partial charge in [0.1, 0.15) is 17.5 Å². The van der Waals surface area contributed by atoms with E-state index in [1.807, 2.05) is 22.7 Å². The molecule has 0 unspecified atom stereocenters. The van der Waals surface area contributed by atoms with Gasteiger partial charge < -0.3 is 0 Å². The van der Waals surface area contributed by atoms with Crippen molar-refractivity contribution in [1.82, 2.24) is 19.4 Å². The maximum Gasteiger partial charge on any atom is 0.324 e. The number of rotatable bonds is 4. The molecular weight excluding hydrogens is 306 g/mol. The third-order valence-corrected chi connectivity index (χ3v) is 3.38. The van der Waals surface area contributed by atoms with E-state index in [0.29, 0.717) is 5.69 Å². The van der Waals surface area contributed by atoms with E-state index in [2.05, 4.69) is 21.5 Å². The highest BCUT2D eigenvalue weighted by atomic mass is 35.5. The van der Waals surface area contributed by atoms with Crippen LogP contribution in [0.25, 0.3) is 17.2 Å². The number of pyridine rings is 1. The van der Waals surface area contributed by atoms with Crippen molar-refractivity contribution in [1.29, 1.82) is 0 Å². The number of aromatic nitrogens is 4. The van der Waals surface area contributed by atoms with Gasteiger partial charge in [-0.2, -0.15) is 0 Å². The second kappa shape index (κ2) is 5.53. The summed E-state index contributed by atoms with van der Waals surface area (Å²) in [5.41, 5.74) is 2.06. The molecule has 8 heteroatoms. The molecule has 0 aliphatic carbocycles. The number of allylic oxidation sites excluding steroid dienone is 1. The molecule has 0 aliphatic heterocycles. The van der Waals surface area contributed by atoms with Crippen LogP contribution in [-0.2, 0) is 6.42 Å². The number of fused-ring (bicyclic) bond motifs is 1. The van der Waals surface area contributed by atoms with Crippen LogP contribution in [0.5, 0.6) is 0 Å². The molecule has 0 spiro atoms. The van der Waals surface area contributed by atoms with Gasteiger partial charge in [0.25, 0.3) is 0 Å². The van der Waals surface area contributed by atoms with Crippen molar-refractivity contribution in [3.63, 3.8) is 0 Å². The van der Waals surface area contributed by atoms with Crippen LogP contribution in [0.2, 0.25) is 5.15 Å². The van der Waals surface area contributed by atoms with Crippen molar-refractivity contribution >= 4 is 22.9 Å². The van der Waals surface area contributed by atoms with Gasteiger partial charge in [0, 0.05) is 6.20 Å². The molecule has 110 valence electrons. The summed E-state index contributed by atoms with van der Waals surface area (Å²) in [6.45, 7) is 3.71. The minimum absolute atomic E-state index is 0.202. The largest absolute Gasteiger partial charge is 0.324 e. The number of imidazole rings is 1. The molecule has 3 aromatic heterocycles. The van der Waals surface area contributed by atoms with Gasteiger partial charge in [-0.25, -0.2) is 15.0 Å². The molecule has 7 nitrogen and oxygen atoms in total. The summed E-state index contributed by atoms with van der Waals surface area (Å²) in [7, 11) is 0. The fourth-order valence-electron chi connectivity index (χ4n) is 2.08. The zero-order chi connectivity index (χ0) is 15.7. The Balaban J connectivity index is 2.13. The van der Waals surface area contributed by atoms with Gasteiger partial charge in [0.15, 0.2) is 5.82 Å². The summed E-state index contributed by atoms with van der Waals surface area (Å²) in [5.74, 6) is 0.277. The molecular formula is C14H10ClN5O2. The molecule has 0 aromatic carbocycles. The molecule has 3 aromatic rings. The quantitative estimate of drug-likeness (QED) is 0.319. The number of hydrogen-bond acceptors (Lipinski definition) is 5. The Labute approximate surface area is 130 Å². The van der Waals surface area contributed by atoms with Crippen LogP contribution >= 0.6 is 11.6 Å². The van der Waals surface area contributed by atoms with Crippen molar-refractivity contribution < 1.29 is 4.92 Å². The van der Waals surface area contributed by atoms with Gasteiger partial charge in [-0.3, -0.25) is 14.5 Å². The SMILES string of the molecule is C=CCc1ccc2ncc(-c3ncc([N+](=O)[O-])c(Cl)n3)n2c1. The van der Waals surface area contributed by atoms with Crippen molar-refractivity contribution in [3.05, 3.63) is 64.2 Å². The lowest BCUT2D eigenvalue weighted by Crippen LogP contribution is -1.98. The highest BCUT2D eigenvalue weighted by Crippen LogP contribution is 2.25. The first-order valence-corrected chi connectivity index (χ1v) is 6.72. The molecule has 3 rings (SSSR count). The maximum absolute atomic E-state index is 10.8. The molecule has 0 saturated carbocycles. The van der Waals surface area contributed by atoms with Gasteiger partial charge in [-0.1, -0.05) is 23.7 Å². The van der Waals surface area contributed by atoms with Crippen LogP contribution in [0.15, 0.2) is 43.4 Å². The highest BCUT2D eigenvalue weighted by Gasteiger charge is 2.17. The van der Waals surface area contributed by atoms with Crippen molar-refractivity contribution in [2.45, 2.75) is 6.42 Å². The first-order chi connectivity index (χ1) is 10.6. The van der Waals surface area contributed by atoms with Gasteiger partial charge >= 0.3 is 5.69 Å². The number of halogens is 1. The van der Waals surface area contributed by atoms with Crippen LogP contribution in [0.4, 0.5) is 5.69 Å². The third kappa shape index (κ3) is 2.42. The molecule has 0 amide bonds. The van der Waals surface area contributed by atoms with Crippen molar-refractivity contribution in [2.75, 3.05) is 0 Å². The van der Waals surface area contributed by atoms with E-state index in [1.54, 1.807) is 12.3 Å². The first kappa shape index (κ1) is 14.2. The summed E-state index contributed by atoms with van der Waals surface area (Å²) in [6.07, 6.45) is 7.12. The Hall–Kier alpha value is -2.80. The van der Waals surface area contributed by atoms with E-state index in [-0.39, 0.29) is 16.7 Å². The monoisotopic (exact) mass is 315 g/mol. The smallest absolute Gasteiger partial charge is 0.297 e. The summed E-state index contributed by atoms with van der Waals surface area (Å²) in [5, 5.41) is 10.6. The minimum Gasteiger partial charge on any atom is -0.297 e. The van der Waals surface area contributed by atoms with Crippen molar-refractivity contribution in [3.8, 4) is 11.5 Å². The number of nitro groups is 1. The van der Waals surface area contributed by atoms with E-state index >= 15 is 0 Å². The van der Waals surface area contributed by atoms with E-state index < -0.39 is 4.92 Å². The molecule has 0 N–H and O–H groups in total. The normalized spacial score (nSPS) is 10.8. The molecule has 0 aliphatic rings. The number of nitrogens with zero attached hydrogens (tertiary/aromatic N) is 5. The fraction of sp³-hybridized carbons (Fsp3) is 0.0714. The van der Waals surface area contributed by atoms with Crippen LogP contribution in [0, 0.1) is 10.1 Å². The topological polar surface area (TPSA) is 86.2 Å². The van der Waals surface area contributed by atoms with E-state index in [1.165, 1.54) is 0 Å². The molecule has 0 bridgehead atoms.